The second-order valence-corrected chi connectivity index (χ2v) is 9.54. The molecule has 0 heterocycles. The van der Waals surface area contributed by atoms with E-state index < -0.39 is 14.6 Å². The van der Waals surface area contributed by atoms with Crippen molar-refractivity contribution < 1.29 is 8.42 Å². The number of nitrogens with two attached hydrogens (primary N) is 1. The minimum Gasteiger partial charge on any atom is -0.389 e. The van der Waals surface area contributed by atoms with E-state index in [2.05, 4.69) is 0 Å². The highest BCUT2D eigenvalue weighted by atomic mass is 32.2. The lowest BCUT2D eigenvalue weighted by Crippen LogP contribution is -2.35. The minimum absolute atomic E-state index is 0.155. The van der Waals surface area contributed by atoms with Crippen molar-refractivity contribution in [2.24, 2.45) is 5.73 Å². The van der Waals surface area contributed by atoms with E-state index in [-0.39, 0.29) is 5.75 Å². The van der Waals surface area contributed by atoms with Gasteiger partial charge in [-0.3, -0.25) is 0 Å². The van der Waals surface area contributed by atoms with Gasteiger partial charge in [-0.25, -0.2) is 8.42 Å². The summed E-state index contributed by atoms with van der Waals surface area (Å²) in [7, 11) is -1.18. The van der Waals surface area contributed by atoms with E-state index in [1.807, 2.05) is 36.2 Å². The quantitative estimate of drug-likeness (QED) is 0.809. The molecule has 0 saturated carbocycles. The molecular weight excluding hydrogens is 304 g/mol. The predicted molar refractivity (Wildman–Crippen MR) is 92.2 cm³/mol. The Kier molecular flexibility index (Phi) is 5.90. The summed E-state index contributed by atoms with van der Waals surface area (Å²) in [4.78, 5) is 2.36. The fourth-order valence-electron chi connectivity index (χ4n) is 1.80. The third-order valence-corrected chi connectivity index (χ3v) is 6.16. The zero-order valence-corrected chi connectivity index (χ0v) is 14.7. The SMILES string of the molecule is CN(CCS(=O)(=O)C(C)(C)C)Cc1cccc(C(N)=S)c1. The van der Waals surface area contributed by atoms with Crippen LogP contribution in [0.5, 0.6) is 0 Å². The Bertz CT molecular complexity index is 604. The van der Waals surface area contributed by atoms with Gasteiger partial charge >= 0.3 is 0 Å². The van der Waals surface area contributed by atoms with Crippen molar-refractivity contribution in [1.29, 1.82) is 0 Å². The van der Waals surface area contributed by atoms with Crippen LogP contribution in [-0.4, -0.2) is 42.4 Å². The molecule has 0 amide bonds. The summed E-state index contributed by atoms with van der Waals surface area (Å²) in [5.41, 5.74) is 7.51. The maximum atomic E-state index is 12.1. The highest BCUT2D eigenvalue weighted by Gasteiger charge is 2.28. The Morgan fingerprint density at radius 1 is 1.33 bits per heavy atom. The first kappa shape index (κ1) is 18.1. The van der Waals surface area contributed by atoms with Gasteiger partial charge in [-0.2, -0.15) is 0 Å². The molecule has 0 aliphatic heterocycles. The van der Waals surface area contributed by atoms with E-state index in [4.69, 9.17) is 18.0 Å². The fraction of sp³-hybridized carbons (Fsp3) is 0.533. The summed E-state index contributed by atoms with van der Waals surface area (Å²) in [5, 5.41) is 0. The van der Waals surface area contributed by atoms with Gasteiger partial charge in [0.1, 0.15) is 4.99 Å². The summed E-state index contributed by atoms with van der Waals surface area (Å²) in [5.74, 6) is 0.155. The van der Waals surface area contributed by atoms with Crippen LogP contribution in [0.15, 0.2) is 24.3 Å². The molecule has 0 radical (unpaired) electrons. The molecule has 0 atom stereocenters. The fourth-order valence-corrected chi connectivity index (χ4v) is 3.09. The zero-order valence-electron chi connectivity index (χ0n) is 13.1. The Balaban J connectivity index is 2.65. The van der Waals surface area contributed by atoms with Gasteiger partial charge in [-0.15, -0.1) is 0 Å². The summed E-state index contributed by atoms with van der Waals surface area (Å²) in [6, 6.07) is 7.70. The van der Waals surface area contributed by atoms with Crippen molar-refractivity contribution in [3.05, 3.63) is 35.4 Å². The van der Waals surface area contributed by atoms with Gasteiger partial charge in [0.25, 0.3) is 0 Å². The maximum Gasteiger partial charge on any atom is 0.156 e. The summed E-state index contributed by atoms with van der Waals surface area (Å²) in [6.07, 6.45) is 0. The smallest absolute Gasteiger partial charge is 0.156 e. The molecule has 0 saturated heterocycles. The van der Waals surface area contributed by atoms with Crippen molar-refractivity contribution >= 4 is 27.0 Å². The van der Waals surface area contributed by atoms with Crippen LogP contribution in [0.4, 0.5) is 0 Å². The molecule has 0 aliphatic carbocycles. The molecule has 0 bridgehead atoms. The van der Waals surface area contributed by atoms with E-state index in [0.29, 0.717) is 18.1 Å². The van der Waals surface area contributed by atoms with Crippen molar-refractivity contribution in [3.63, 3.8) is 0 Å². The van der Waals surface area contributed by atoms with E-state index in [1.165, 1.54) is 0 Å². The van der Waals surface area contributed by atoms with Crippen molar-refractivity contribution in [1.82, 2.24) is 4.90 Å². The van der Waals surface area contributed by atoms with Crippen LogP contribution in [0.1, 0.15) is 31.9 Å². The van der Waals surface area contributed by atoms with Crippen LogP contribution in [0.25, 0.3) is 0 Å². The first-order valence-electron chi connectivity index (χ1n) is 6.82. The van der Waals surface area contributed by atoms with Gasteiger partial charge in [-0.05, 0) is 39.4 Å². The molecule has 21 heavy (non-hydrogen) atoms. The van der Waals surface area contributed by atoms with Crippen LogP contribution in [0.3, 0.4) is 0 Å². The topological polar surface area (TPSA) is 63.4 Å². The number of benzene rings is 1. The minimum atomic E-state index is -3.09. The molecule has 6 heteroatoms. The Hall–Kier alpha value is -0.980. The van der Waals surface area contributed by atoms with E-state index in [1.54, 1.807) is 20.8 Å². The zero-order chi connectivity index (χ0) is 16.3. The molecule has 1 rings (SSSR count). The summed E-state index contributed by atoms with van der Waals surface area (Å²) in [6.45, 7) is 6.35. The number of thiocarbonyl (C=S) groups is 1. The molecule has 2 N–H and O–H groups in total. The van der Waals surface area contributed by atoms with Crippen LogP contribution in [0.2, 0.25) is 0 Å². The summed E-state index contributed by atoms with van der Waals surface area (Å²) >= 11 is 4.96. The largest absolute Gasteiger partial charge is 0.389 e. The van der Waals surface area contributed by atoms with E-state index in [0.717, 1.165) is 11.1 Å². The molecule has 4 nitrogen and oxygen atoms in total. The lowest BCUT2D eigenvalue weighted by atomic mass is 10.1. The maximum absolute atomic E-state index is 12.1. The van der Waals surface area contributed by atoms with Crippen molar-refractivity contribution in [3.8, 4) is 0 Å². The second-order valence-electron chi connectivity index (χ2n) is 6.23. The molecule has 0 spiro atoms. The predicted octanol–water partition coefficient (Wildman–Crippen LogP) is 1.97. The van der Waals surface area contributed by atoms with Gasteiger partial charge in [0.05, 0.1) is 10.5 Å². The highest BCUT2D eigenvalue weighted by molar-refractivity contribution is 7.92. The van der Waals surface area contributed by atoms with Crippen LogP contribution in [0, 0.1) is 0 Å². The number of sulfone groups is 1. The summed E-state index contributed by atoms with van der Waals surface area (Å²) < 4.78 is 23.5. The third-order valence-electron chi connectivity index (χ3n) is 3.34. The molecule has 0 aliphatic rings. The molecule has 0 aromatic heterocycles. The van der Waals surface area contributed by atoms with Crippen molar-refractivity contribution in [2.45, 2.75) is 32.1 Å². The average Bonchev–Trinajstić information content (AvgIpc) is 2.35. The molecule has 1 aromatic carbocycles. The number of hydrogen-bond donors (Lipinski definition) is 1. The van der Waals surface area contributed by atoms with Crippen molar-refractivity contribution in [2.75, 3.05) is 19.3 Å². The lowest BCUT2D eigenvalue weighted by molar-refractivity contribution is 0.345. The van der Waals surface area contributed by atoms with Gasteiger partial charge in [0, 0.05) is 18.7 Å². The molecule has 0 fully saturated rings. The molecule has 1 aromatic rings. The van der Waals surface area contributed by atoms with Crippen LogP contribution < -0.4 is 5.73 Å². The Morgan fingerprint density at radius 3 is 2.48 bits per heavy atom. The average molecular weight is 329 g/mol. The number of nitrogens with zero attached hydrogens (tertiary/aromatic N) is 1. The van der Waals surface area contributed by atoms with Gasteiger partial charge in [0.2, 0.25) is 0 Å². The first-order valence-corrected chi connectivity index (χ1v) is 8.88. The second kappa shape index (κ2) is 6.85. The Labute approximate surface area is 133 Å². The molecular formula is C15H24N2O2S2. The standard InChI is InChI=1S/C15H24N2O2S2/c1-15(2,3)21(18,19)9-8-17(4)11-12-6-5-7-13(10-12)14(16)20/h5-7,10H,8-9,11H2,1-4H3,(H2,16,20). The third kappa shape index (κ3) is 5.37. The van der Waals surface area contributed by atoms with Gasteiger partial charge < -0.3 is 10.6 Å². The van der Waals surface area contributed by atoms with E-state index >= 15 is 0 Å². The van der Waals surface area contributed by atoms with Gasteiger partial charge in [-0.1, -0.05) is 30.4 Å². The van der Waals surface area contributed by atoms with Crippen LogP contribution >= 0.6 is 12.2 Å². The Morgan fingerprint density at radius 2 is 1.95 bits per heavy atom. The lowest BCUT2D eigenvalue weighted by Gasteiger charge is -2.22. The van der Waals surface area contributed by atoms with E-state index in [9.17, 15) is 8.42 Å². The monoisotopic (exact) mass is 328 g/mol. The number of hydrogen-bond acceptors (Lipinski definition) is 4. The van der Waals surface area contributed by atoms with Crippen LogP contribution in [-0.2, 0) is 16.4 Å². The number of rotatable bonds is 6. The molecule has 0 unspecified atom stereocenters. The van der Waals surface area contributed by atoms with Gasteiger partial charge in [0.15, 0.2) is 9.84 Å². The first-order chi connectivity index (χ1) is 9.53. The normalized spacial score (nSPS) is 12.6. The highest BCUT2D eigenvalue weighted by Crippen LogP contribution is 2.16. The molecule has 118 valence electrons.